The van der Waals surface area contributed by atoms with E-state index >= 15 is 0 Å². The topological polar surface area (TPSA) is 101 Å². The van der Waals surface area contributed by atoms with Gasteiger partial charge >= 0.3 is 0 Å². The quantitative estimate of drug-likeness (QED) is 0.481. The van der Waals surface area contributed by atoms with Crippen molar-refractivity contribution in [1.82, 2.24) is 20.0 Å². The lowest BCUT2D eigenvalue weighted by molar-refractivity contribution is -0.113. The van der Waals surface area contributed by atoms with Gasteiger partial charge in [-0.05, 0) is 43.7 Å². The highest BCUT2D eigenvalue weighted by atomic mass is 19.3. The number of ether oxygens (including phenoxy) is 1. The zero-order chi connectivity index (χ0) is 24.9. The van der Waals surface area contributed by atoms with Crippen LogP contribution in [0.5, 0.6) is 0 Å². The molecule has 0 radical (unpaired) electrons. The number of aliphatic imine (C=N–C) groups is 1. The maximum absolute atomic E-state index is 13.7. The fourth-order valence-corrected chi connectivity index (χ4v) is 3.85. The van der Waals surface area contributed by atoms with Crippen molar-refractivity contribution in [3.05, 3.63) is 65.4 Å². The van der Waals surface area contributed by atoms with Crippen LogP contribution in [-0.4, -0.2) is 58.5 Å². The van der Waals surface area contributed by atoms with Gasteiger partial charge in [-0.2, -0.15) is 5.10 Å². The van der Waals surface area contributed by atoms with E-state index in [4.69, 9.17) is 4.74 Å². The maximum Gasteiger partial charge on any atom is 0.284 e. The van der Waals surface area contributed by atoms with Crippen molar-refractivity contribution in [3.63, 3.8) is 0 Å². The summed E-state index contributed by atoms with van der Waals surface area (Å²) in [6, 6.07) is 6.27. The van der Waals surface area contributed by atoms with Gasteiger partial charge in [-0.25, -0.2) is 18.5 Å². The van der Waals surface area contributed by atoms with Crippen LogP contribution >= 0.6 is 0 Å². The molecule has 9 nitrogen and oxygen atoms in total. The predicted molar refractivity (Wildman–Crippen MR) is 127 cm³/mol. The Morgan fingerprint density at radius 1 is 1.34 bits per heavy atom. The van der Waals surface area contributed by atoms with Crippen molar-refractivity contribution in [2.24, 2.45) is 4.99 Å². The molecule has 35 heavy (non-hydrogen) atoms. The molecule has 2 aliphatic rings. The van der Waals surface area contributed by atoms with E-state index in [-0.39, 0.29) is 11.8 Å². The van der Waals surface area contributed by atoms with Gasteiger partial charge in [-0.1, -0.05) is 6.92 Å². The summed E-state index contributed by atoms with van der Waals surface area (Å²) in [5.74, 6) is 0.506. The summed E-state index contributed by atoms with van der Waals surface area (Å²) in [4.78, 5) is 30.7. The Balaban J connectivity index is 1.59. The summed E-state index contributed by atoms with van der Waals surface area (Å²) >= 11 is 0. The second-order valence-corrected chi connectivity index (χ2v) is 8.09. The fourth-order valence-electron chi connectivity index (χ4n) is 3.85. The SMILES string of the molecule is CC/C(C(=O)Nc1cn(-c2ccc(C=O)cc2)nc1C(F)F)=C1/N=C(N2CCO[C@H](C)C2)C=CN1. The minimum atomic E-state index is -2.90. The molecule has 1 fully saturated rings. The van der Waals surface area contributed by atoms with E-state index in [1.165, 1.54) is 10.9 Å². The molecule has 3 heterocycles. The number of rotatable bonds is 6. The molecule has 0 unspecified atom stereocenters. The molecule has 2 aromatic rings. The van der Waals surface area contributed by atoms with Crippen LogP contribution in [0.3, 0.4) is 0 Å². The molecular formula is C24H26F2N6O3. The standard InChI is InChI=1S/C24H26F2N6O3/c1-3-18(23-27-9-8-20(29-23)31-10-11-35-15(2)12-31)24(34)28-19-13-32(30-21(19)22(25)26)17-6-4-16(14-33)5-7-17/h4-9,13-15,22,27H,3,10-12H2,1-2H3,(H,28,34)/b23-18-/t15-/m1/s1. The highest BCUT2D eigenvalue weighted by molar-refractivity contribution is 6.05. The van der Waals surface area contributed by atoms with Crippen molar-refractivity contribution < 1.29 is 23.1 Å². The number of amides is 1. The number of nitrogens with zero attached hydrogens (tertiary/aromatic N) is 4. The number of anilines is 1. The number of aldehydes is 1. The van der Waals surface area contributed by atoms with Crippen LogP contribution in [0.2, 0.25) is 0 Å². The molecular weight excluding hydrogens is 458 g/mol. The van der Waals surface area contributed by atoms with Crippen LogP contribution in [0, 0.1) is 0 Å². The zero-order valence-electron chi connectivity index (χ0n) is 19.4. The van der Waals surface area contributed by atoms with E-state index in [0.717, 1.165) is 0 Å². The lowest BCUT2D eigenvalue weighted by atomic mass is 10.1. The molecule has 2 aliphatic heterocycles. The molecule has 1 amide bonds. The van der Waals surface area contributed by atoms with Crippen molar-refractivity contribution in [2.75, 3.05) is 25.0 Å². The third kappa shape index (κ3) is 5.46. The van der Waals surface area contributed by atoms with Gasteiger partial charge in [0, 0.05) is 24.9 Å². The average molecular weight is 485 g/mol. The molecule has 0 saturated carbocycles. The summed E-state index contributed by atoms with van der Waals surface area (Å²) in [5, 5.41) is 9.50. The molecule has 11 heteroatoms. The molecule has 4 rings (SSSR count). The van der Waals surface area contributed by atoms with Gasteiger partial charge in [-0.15, -0.1) is 0 Å². The van der Waals surface area contributed by atoms with Crippen LogP contribution in [0.4, 0.5) is 14.5 Å². The van der Waals surface area contributed by atoms with E-state index in [1.54, 1.807) is 37.4 Å². The minimum Gasteiger partial charge on any atom is -0.375 e. The number of hydrogen-bond acceptors (Lipinski definition) is 7. The zero-order valence-corrected chi connectivity index (χ0v) is 19.4. The second kappa shape index (κ2) is 10.6. The number of carbonyl (C=O) groups excluding carboxylic acids is 2. The summed E-state index contributed by atoms with van der Waals surface area (Å²) in [5.41, 5.74) is 0.578. The summed E-state index contributed by atoms with van der Waals surface area (Å²) in [6.07, 6.45) is 3.02. The Morgan fingerprint density at radius 3 is 2.77 bits per heavy atom. The van der Waals surface area contributed by atoms with Gasteiger partial charge in [0.1, 0.15) is 17.9 Å². The van der Waals surface area contributed by atoms with Crippen LogP contribution in [0.1, 0.15) is 42.7 Å². The first-order valence-electron chi connectivity index (χ1n) is 11.3. The van der Waals surface area contributed by atoms with E-state index in [9.17, 15) is 18.4 Å². The first-order chi connectivity index (χ1) is 16.9. The lowest BCUT2D eigenvalue weighted by Crippen LogP contribution is -2.44. The number of alkyl halides is 2. The van der Waals surface area contributed by atoms with Crippen LogP contribution < -0.4 is 10.6 Å². The van der Waals surface area contributed by atoms with Crippen molar-refractivity contribution in [3.8, 4) is 5.69 Å². The molecule has 0 aliphatic carbocycles. The maximum atomic E-state index is 13.7. The van der Waals surface area contributed by atoms with Crippen LogP contribution in [-0.2, 0) is 9.53 Å². The predicted octanol–water partition coefficient (Wildman–Crippen LogP) is 3.42. The molecule has 1 atom stereocenters. The van der Waals surface area contributed by atoms with Gasteiger partial charge in [0.15, 0.2) is 5.69 Å². The minimum absolute atomic E-state index is 0.0649. The number of amidine groups is 1. The normalized spacial score (nSPS) is 19.3. The van der Waals surface area contributed by atoms with E-state index in [2.05, 4.69) is 25.6 Å². The number of carbonyl (C=O) groups is 2. The Kier molecular flexibility index (Phi) is 7.35. The number of halogens is 2. The molecule has 1 aromatic heterocycles. The first kappa shape index (κ1) is 24.3. The lowest BCUT2D eigenvalue weighted by Gasteiger charge is -2.33. The second-order valence-electron chi connectivity index (χ2n) is 8.09. The Labute approximate surface area is 201 Å². The third-order valence-corrected chi connectivity index (χ3v) is 5.65. The molecule has 1 aromatic carbocycles. The first-order valence-corrected chi connectivity index (χ1v) is 11.3. The van der Waals surface area contributed by atoms with Crippen molar-refractivity contribution >= 4 is 23.7 Å². The molecule has 1 saturated heterocycles. The Hall–Kier alpha value is -3.86. The summed E-state index contributed by atoms with van der Waals surface area (Å²) < 4.78 is 34.2. The van der Waals surface area contributed by atoms with Gasteiger partial charge < -0.3 is 20.3 Å². The highest BCUT2D eigenvalue weighted by Crippen LogP contribution is 2.28. The third-order valence-electron chi connectivity index (χ3n) is 5.65. The molecule has 0 spiro atoms. The number of aromatic nitrogens is 2. The molecule has 0 bridgehead atoms. The summed E-state index contributed by atoms with van der Waals surface area (Å²) in [7, 11) is 0. The largest absolute Gasteiger partial charge is 0.375 e. The van der Waals surface area contributed by atoms with Crippen LogP contribution in [0.25, 0.3) is 5.69 Å². The fraction of sp³-hybridized carbons (Fsp3) is 0.333. The van der Waals surface area contributed by atoms with Gasteiger partial charge in [0.2, 0.25) is 0 Å². The summed E-state index contributed by atoms with van der Waals surface area (Å²) in [6.45, 7) is 5.71. The van der Waals surface area contributed by atoms with E-state index in [0.29, 0.717) is 60.9 Å². The van der Waals surface area contributed by atoms with Gasteiger partial charge in [0.05, 0.1) is 35.9 Å². The Morgan fingerprint density at radius 2 is 2.11 bits per heavy atom. The van der Waals surface area contributed by atoms with Gasteiger partial charge in [0.25, 0.3) is 12.3 Å². The number of morpholine rings is 1. The van der Waals surface area contributed by atoms with E-state index < -0.39 is 18.0 Å². The average Bonchev–Trinajstić information content (AvgIpc) is 3.29. The smallest absolute Gasteiger partial charge is 0.284 e. The molecule has 2 N–H and O–H groups in total. The number of hydrogen-bond donors (Lipinski definition) is 2. The van der Waals surface area contributed by atoms with Crippen molar-refractivity contribution in [1.29, 1.82) is 0 Å². The van der Waals surface area contributed by atoms with Crippen molar-refractivity contribution in [2.45, 2.75) is 32.8 Å². The molecule has 184 valence electrons. The Bertz CT molecular complexity index is 1190. The van der Waals surface area contributed by atoms with Gasteiger partial charge in [-0.3, -0.25) is 9.59 Å². The van der Waals surface area contributed by atoms with E-state index in [1.807, 2.05) is 13.0 Å². The van der Waals surface area contributed by atoms with Crippen LogP contribution in [0.15, 0.2) is 59.1 Å². The number of nitrogens with one attached hydrogen (secondary N) is 2. The number of benzene rings is 1. The monoisotopic (exact) mass is 484 g/mol. The highest BCUT2D eigenvalue weighted by Gasteiger charge is 2.25.